The summed E-state index contributed by atoms with van der Waals surface area (Å²) in [5.41, 5.74) is 3.76. The molecule has 1 aromatic rings. The smallest absolute Gasteiger partial charge is 0.261 e. The molecule has 0 radical (unpaired) electrons. The number of benzene rings is 1. The predicted molar refractivity (Wildman–Crippen MR) is 153 cm³/mol. The zero-order valence-electron chi connectivity index (χ0n) is 22.8. The Morgan fingerprint density at radius 1 is 1.31 bits per heavy atom. The normalized spacial score (nSPS) is 15.4. The monoisotopic (exact) mass is 502 g/mol. The van der Waals surface area contributed by atoms with Crippen molar-refractivity contribution >= 4 is 29.6 Å². The molecule has 196 valence electrons. The lowest BCUT2D eigenvalue weighted by atomic mass is 10.0. The number of anilines is 1. The van der Waals surface area contributed by atoms with E-state index in [9.17, 15) is 4.79 Å². The molecule has 0 aromatic heterocycles. The summed E-state index contributed by atoms with van der Waals surface area (Å²) in [7, 11) is 5.75. The van der Waals surface area contributed by atoms with Crippen LogP contribution in [0.25, 0.3) is 0 Å². The molecule has 1 amide bonds. The average molecular weight is 503 g/mol. The molecule has 35 heavy (non-hydrogen) atoms. The van der Waals surface area contributed by atoms with Gasteiger partial charge in [-0.2, -0.15) is 0 Å². The lowest BCUT2D eigenvalue weighted by molar-refractivity contribution is -0.114. The second-order valence-electron chi connectivity index (χ2n) is 8.93. The maximum absolute atomic E-state index is 13.5. The first kappa shape index (κ1) is 30.9. The van der Waals surface area contributed by atoms with Gasteiger partial charge in [0.15, 0.2) is 0 Å². The highest BCUT2D eigenvalue weighted by atomic mass is 32.2. The summed E-state index contributed by atoms with van der Waals surface area (Å²) in [5, 5.41) is 4.99. The zero-order valence-corrected chi connectivity index (χ0v) is 23.7. The van der Waals surface area contributed by atoms with Gasteiger partial charge in [-0.25, -0.2) is 0 Å². The number of thioether (sulfide) groups is 1. The third kappa shape index (κ3) is 10.2. The minimum absolute atomic E-state index is 0.0190. The second-order valence-corrected chi connectivity index (χ2v) is 9.74. The molecule has 1 unspecified atom stereocenters. The number of carbonyl (C=O) groups is 1. The van der Waals surface area contributed by atoms with Crippen molar-refractivity contribution in [2.45, 2.75) is 52.7 Å². The zero-order chi connectivity index (χ0) is 26.2. The number of hydrogen-bond donors (Lipinski definition) is 1. The van der Waals surface area contributed by atoms with Gasteiger partial charge in [-0.05, 0) is 61.7 Å². The van der Waals surface area contributed by atoms with Crippen molar-refractivity contribution in [1.29, 1.82) is 0 Å². The first-order chi connectivity index (χ1) is 16.8. The molecule has 2 rings (SSSR count). The van der Waals surface area contributed by atoms with Crippen molar-refractivity contribution in [2.75, 3.05) is 51.9 Å². The fourth-order valence-corrected chi connectivity index (χ4v) is 3.94. The van der Waals surface area contributed by atoms with Crippen molar-refractivity contribution in [1.82, 2.24) is 10.2 Å². The van der Waals surface area contributed by atoms with Crippen LogP contribution >= 0.6 is 11.8 Å². The van der Waals surface area contributed by atoms with Crippen LogP contribution in [0.3, 0.4) is 0 Å². The lowest BCUT2D eigenvalue weighted by Gasteiger charge is -2.24. The summed E-state index contributed by atoms with van der Waals surface area (Å²) in [6, 6.07) is 8.17. The van der Waals surface area contributed by atoms with Gasteiger partial charge in [-0.3, -0.25) is 9.79 Å². The number of amides is 1. The van der Waals surface area contributed by atoms with E-state index in [-0.39, 0.29) is 12.0 Å². The molecule has 1 N–H and O–H groups in total. The fourth-order valence-electron chi connectivity index (χ4n) is 3.94. The van der Waals surface area contributed by atoms with E-state index >= 15 is 0 Å². The number of likely N-dealkylation sites (N-methyl/N-ethyl adjacent to an activating group) is 1. The Bertz CT molecular complexity index is 838. The third-order valence-corrected chi connectivity index (χ3v) is 6.26. The third-order valence-electron chi connectivity index (χ3n) is 5.93. The van der Waals surface area contributed by atoms with Crippen molar-refractivity contribution < 1.29 is 9.53 Å². The molecule has 0 saturated heterocycles. The summed E-state index contributed by atoms with van der Waals surface area (Å²) < 4.78 is 6.23. The average Bonchev–Trinajstić information content (AvgIpc) is 2.96. The van der Waals surface area contributed by atoms with Crippen LogP contribution in [0, 0.1) is 5.92 Å². The number of hydrogen-bond acceptors (Lipinski definition) is 6. The van der Waals surface area contributed by atoms with Crippen molar-refractivity contribution in [3.8, 4) is 0 Å². The van der Waals surface area contributed by atoms with Gasteiger partial charge in [-0.15, -0.1) is 11.8 Å². The number of ether oxygens (including phenoxy) is 1. The maximum Gasteiger partial charge on any atom is 0.261 e. The van der Waals surface area contributed by atoms with E-state index in [0.717, 1.165) is 49.3 Å². The molecule has 1 aromatic carbocycles. The van der Waals surface area contributed by atoms with Crippen LogP contribution in [-0.4, -0.2) is 70.2 Å². The Labute approximate surface area is 217 Å². The highest BCUT2D eigenvalue weighted by molar-refractivity contribution is 8.01. The van der Waals surface area contributed by atoms with Gasteiger partial charge in [0, 0.05) is 44.8 Å². The number of rotatable bonds is 12. The molecule has 7 heteroatoms. The van der Waals surface area contributed by atoms with E-state index in [0.29, 0.717) is 24.6 Å². The summed E-state index contributed by atoms with van der Waals surface area (Å²) in [4.78, 5) is 21.7. The minimum atomic E-state index is 0.0190. The van der Waals surface area contributed by atoms with E-state index in [2.05, 4.69) is 61.7 Å². The summed E-state index contributed by atoms with van der Waals surface area (Å²) in [5.74, 6) is 0.475. The number of carbonyl (C=O) groups excluding carboxylic acids is 1. The van der Waals surface area contributed by atoms with E-state index in [1.54, 1.807) is 30.4 Å². The van der Waals surface area contributed by atoms with Crippen LogP contribution < -0.4 is 10.2 Å². The molecule has 1 aliphatic rings. The molecule has 6 nitrogen and oxygen atoms in total. The van der Waals surface area contributed by atoms with Crippen LogP contribution in [0.15, 0.2) is 52.5 Å². The van der Waals surface area contributed by atoms with Crippen molar-refractivity contribution in [3.63, 3.8) is 0 Å². The number of aliphatic imine (C=N–C) groups is 1. The Morgan fingerprint density at radius 2 is 2.03 bits per heavy atom. The first-order valence-electron chi connectivity index (χ1n) is 12.5. The molecule has 0 bridgehead atoms. The van der Waals surface area contributed by atoms with Crippen LogP contribution in [-0.2, 0) is 16.1 Å². The van der Waals surface area contributed by atoms with E-state index in [4.69, 9.17) is 4.74 Å². The van der Waals surface area contributed by atoms with Gasteiger partial charge in [0.05, 0.1) is 18.3 Å². The van der Waals surface area contributed by atoms with Gasteiger partial charge < -0.3 is 19.9 Å². The first-order valence-corrected chi connectivity index (χ1v) is 13.8. The molecular formula is C28H46N4O2S. The molecule has 1 heterocycles. The van der Waals surface area contributed by atoms with Crippen LogP contribution in [0.5, 0.6) is 0 Å². The van der Waals surface area contributed by atoms with E-state index in [1.807, 2.05) is 30.3 Å². The summed E-state index contributed by atoms with van der Waals surface area (Å²) >= 11 is 1.62. The Morgan fingerprint density at radius 3 is 2.60 bits per heavy atom. The van der Waals surface area contributed by atoms with Crippen molar-refractivity contribution in [3.05, 3.63) is 53.1 Å². The number of nitrogens with one attached hydrogen (secondary N) is 1. The molecule has 1 atom stereocenters. The predicted octanol–water partition coefficient (Wildman–Crippen LogP) is 5.36. The number of allylic oxidation sites excluding steroid dienone is 1. The molecule has 0 saturated carbocycles. The quantitative estimate of drug-likeness (QED) is 0.390. The lowest BCUT2D eigenvalue weighted by Crippen LogP contribution is -2.34. The van der Waals surface area contributed by atoms with Gasteiger partial charge in [0.1, 0.15) is 0 Å². The van der Waals surface area contributed by atoms with Crippen LogP contribution in [0.4, 0.5) is 5.69 Å². The SMILES string of the molecule is C=CSC.CCCC1=C(C=NC)C(=O)N(c2cccc(COC(CCNC)C(C)C)c2)CCN1C. The van der Waals surface area contributed by atoms with E-state index < -0.39 is 0 Å². The molecule has 1 aliphatic heterocycles. The van der Waals surface area contributed by atoms with Crippen molar-refractivity contribution in [2.24, 2.45) is 10.9 Å². The molecule has 0 aliphatic carbocycles. The molecular weight excluding hydrogens is 456 g/mol. The van der Waals surface area contributed by atoms with Crippen LogP contribution in [0.1, 0.15) is 45.6 Å². The topological polar surface area (TPSA) is 57.2 Å². The summed E-state index contributed by atoms with van der Waals surface area (Å²) in [6.07, 6.45) is 6.74. The highest BCUT2D eigenvalue weighted by Crippen LogP contribution is 2.25. The van der Waals surface area contributed by atoms with Gasteiger partial charge in [0.2, 0.25) is 0 Å². The van der Waals surface area contributed by atoms with Gasteiger partial charge >= 0.3 is 0 Å². The Hall–Kier alpha value is -2.09. The maximum atomic E-state index is 13.5. The van der Waals surface area contributed by atoms with Crippen LogP contribution in [0.2, 0.25) is 0 Å². The van der Waals surface area contributed by atoms with Gasteiger partial charge in [0.25, 0.3) is 5.91 Å². The van der Waals surface area contributed by atoms with E-state index in [1.165, 1.54) is 0 Å². The number of nitrogens with zero attached hydrogens (tertiary/aromatic N) is 3. The Kier molecular flexibility index (Phi) is 15.3. The summed E-state index contributed by atoms with van der Waals surface area (Å²) in [6.45, 7) is 12.9. The van der Waals surface area contributed by atoms with Gasteiger partial charge in [-0.1, -0.05) is 45.9 Å². The standard InChI is InChI=1S/C25H40N4O2.C3H6S/c1-7-9-23-22(17-27-5)25(30)29(15-14-28(23)6)21-11-8-10-20(16-21)18-31-24(19(2)3)12-13-26-4;1-3-4-2/h8,10-11,16-17,19,24,26H,7,9,12-15,18H2,1-6H3;3H,1H2,2H3. The molecule has 0 spiro atoms. The second kappa shape index (κ2) is 17.4. The fraction of sp³-hybridized carbons (Fsp3) is 0.571. The largest absolute Gasteiger partial charge is 0.375 e. The minimum Gasteiger partial charge on any atom is -0.375 e. The Balaban J connectivity index is 0.00000142. The highest BCUT2D eigenvalue weighted by Gasteiger charge is 2.27. The molecule has 0 fully saturated rings.